The molecule has 14 heteroatoms. The van der Waals surface area contributed by atoms with Gasteiger partial charge in [0.2, 0.25) is 0 Å². The molecule has 4 aromatic rings. The van der Waals surface area contributed by atoms with Gasteiger partial charge in [-0.05, 0) is 168 Å². The van der Waals surface area contributed by atoms with Crippen LogP contribution in [0.1, 0.15) is 156 Å². The van der Waals surface area contributed by atoms with E-state index in [4.69, 9.17) is 33.5 Å². The normalized spacial score (nSPS) is 24.1. The largest absolute Gasteiger partial charge is 0.487 e. The zero-order chi connectivity index (χ0) is 60.2. The summed E-state index contributed by atoms with van der Waals surface area (Å²) in [5.74, 6) is 3.72. The van der Waals surface area contributed by atoms with E-state index < -0.39 is 0 Å². The van der Waals surface area contributed by atoms with E-state index in [1.807, 2.05) is 28.7 Å². The van der Waals surface area contributed by atoms with E-state index in [0.29, 0.717) is 63.2 Å². The van der Waals surface area contributed by atoms with Crippen LogP contribution >= 0.6 is 0 Å². The number of hydrogen-bond acceptors (Lipinski definition) is 12. The van der Waals surface area contributed by atoms with E-state index in [1.165, 1.54) is 22.3 Å². The molecule has 0 saturated carbocycles. The molecule has 0 bridgehead atoms. The molecular formula is C68H116N8O6. The van der Waals surface area contributed by atoms with Crippen LogP contribution in [0.5, 0.6) is 11.5 Å². The average molecular weight is 1140 g/mol. The minimum absolute atomic E-state index is 0.0239. The first-order valence-corrected chi connectivity index (χ1v) is 31.6. The number of rotatable bonds is 20. The molecule has 1 saturated heterocycles. The van der Waals surface area contributed by atoms with Crippen LogP contribution in [0.25, 0.3) is 0 Å². The Morgan fingerprint density at radius 2 is 0.829 bits per heavy atom. The summed E-state index contributed by atoms with van der Waals surface area (Å²) in [6.07, 6.45) is 9.83. The summed E-state index contributed by atoms with van der Waals surface area (Å²) >= 11 is 0. The first-order chi connectivity index (χ1) is 38.8. The lowest BCUT2D eigenvalue weighted by Gasteiger charge is -2.37. The molecule has 1 fully saturated rings. The van der Waals surface area contributed by atoms with Crippen molar-refractivity contribution in [1.29, 1.82) is 0 Å². The monoisotopic (exact) mass is 1140 g/mol. The lowest BCUT2D eigenvalue weighted by Crippen LogP contribution is -2.47. The maximum absolute atomic E-state index is 7.23. The second kappa shape index (κ2) is 34.3. The molecule has 0 N–H and O–H groups in total. The summed E-state index contributed by atoms with van der Waals surface area (Å²) in [6, 6.07) is 19.0. The standard InChI is InChI=1S/C68H116N8O6/c1-47(2)29-61-43-77-54(14)37-72(18)64(32-50(7)8)46-80-66(34-58-23-27-60(28-24-58)39-76-56(16)67(35-69-76)81-51(9)10)41-74(20)62(30-48(3)4)44-78-53(13)36-71(17)63(31-49(5)6)45-79-65(40-73(61)19)33-57-21-25-59(26-22-57)38-75-42-68(55(15)70-75)82-52(11)12/h21-28,35,42,47-54,61-66H,29-34,36-41,43-46H2,1-20H3/t53-,54-,61+,62+,63+,64+,65-,66-/m1/s1. The van der Waals surface area contributed by atoms with E-state index >= 15 is 0 Å². The number of nitrogens with zero attached hydrogens (tertiary/aromatic N) is 8. The predicted octanol–water partition coefficient (Wildman–Crippen LogP) is 12.1. The summed E-state index contributed by atoms with van der Waals surface area (Å²) in [6.45, 7) is 42.6. The van der Waals surface area contributed by atoms with Crippen molar-refractivity contribution in [3.05, 3.63) is 94.6 Å². The topological polar surface area (TPSA) is 104 Å². The Hall–Kier alpha value is -3.86. The van der Waals surface area contributed by atoms with Crippen molar-refractivity contribution in [2.75, 3.05) is 80.8 Å². The highest BCUT2D eigenvalue weighted by atomic mass is 16.5. The predicted molar refractivity (Wildman–Crippen MR) is 338 cm³/mol. The summed E-state index contributed by atoms with van der Waals surface area (Å²) in [5, 5.41) is 9.42. The van der Waals surface area contributed by atoms with Crippen molar-refractivity contribution >= 4 is 0 Å². The van der Waals surface area contributed by atoms with Crippen LogP contribution in [0.4, 0.5) is 0 Å². The van der Waals surface area contributed by atoms with Crippen molar-refractivity contribution in [1.82, 2.24) is 39.2 Å². The fraction of sp³-hybridized carbons (Fsp3) is 0.735. The Kier molecular flexibility index (Phi) is 28.8. The van der Waals surface area contributed by atoms with Crippen molar-refractivity contribution in [2.24, 2.45) is 23.7 Å². The van der Waals surface area contributed by atoms with Crippen LogP contribution in [-0.4, -0.2) is 181 Å². The number of aryl methyl sites for hydroxylation is 1. The Balaban J connectivity index is 1.40. The second-order valence-corrected chi connectivity index (χ2v) is 27.0. The molecule has 0 spiro atoms. The van der Waals surface area contributed by atoms with Gasteiger partial charge in [-0.1, -0.05) is 104 Å². The highest BCUT2D eigenvalue weighted by Crippen LogP contribution is 2.25. The van der Waals surface area contributed by atoms with Crippen LogP contribution in [0.15, 0.2) is 60.9 Å². The molecule has 8 atom stereocenters. The van der Waals surface area contributed by atoms with Crippen LogP contribution in [0, 0.1) is 37.5 Å². The van der Waals surface area contributed by atoms with Crippen LogP contribution in [0.2, 0.25) is 0 Å². The third-order valence-corrected chi connectivity index (χ3v) is 16.1. The lowest BCUT2D eigenvalue weighted by atomic mass is 10.0. The molecule has 1 aliphatic heterocycles. The third-order valence-electron chi connectivity index (χ3n) is 16.1. The minimum atomic E-state index is -0.0243. The fourth-order valence-corrected chi connectivity index (χ4v) is 11.6. The van der Waals surface area contributed by atoms with E-state index in [2.05, 4.69) is 205 Å². The molecule has 0 radical (unpaired) electrons. The molecular weight excluding hydrogens is 1020 g/mol. The van der Waals surface area contributed by atoms with Gasteiger partial charge in [0.25, 0.3) is 0 Å². The van der Waals surface area contributed by atoms with Crippen molar-refractivity contribution in [3.8, 4) is 11.5 Å². The van der Waals surface area contributed by atoms with Crippen molar-refractivity contribution < 1.29 is 28.4 Å². The molecule has 1 aliphatic rings. The minimum Gasteiger partial charge on any atom is -0.487 e. The first-order valence-electron chi connectivity index (χ1n) is 31.6. The molecule has 0 unspecified atom stereocenters. The highest BCUT2D eigenvalue weighted by Gasteiger charge is 2.29. The number of benzene rings is 2. The molecule has 14 nitrogen and oxygen atoms in total. The first kappa shape index (κ1) is 68.9. The Bertz CT molecular complexity index is 2350. The van der Waals surface area contributed by atoms with Gasteiger partial charge in [-0.2, -0.15) is 10.2 Å². The molecule has 5 rings (SSSR count). The Morgan fingerprint density at radius 1 is 0.476 bits per heavy atom. The van der Waals surface area contributed by atoms with Crippen molar-refractivity contribution in [3.63, 3.8) is 0 Å². The fourth-order valence-electron chi connectivity index (χ4n) is 11.6. The summed E-state index contributed by atoms with van der Waals surface area (Å²) in [4.78, 5) is 10.0. The lowest BCUT2D eigenvalue weighted by molar-refractivity contribution is -0.0536. The smallest absolute Gasteiger partial charge is 0.160 e. The van der Waals surface area contributed by atoms with Crippen LogP contribution in [0.3, 0.4) is 0 Å². The van der Waals surface area contributed by atoms with Crippen LogP contribution < -0.4 is 9.47 Å². The molecule has 0 amide bonds. The third kappa shape index (κ3) is 24.3. The van der Waals surface area contributed by atoms with Gasteiger partial charge in [0.15, 0.2) is 11.5 Å². The number of ether oxygens (including phenoxy) is 6. The molecule has 82 heavy (non-hydrogen) atoms. The summed E-state index contributed by atoms with van der Waals surface area (Å²) in [7, 11) is 9.10. The SMILES string of the molecule is Cc1nn(Cc2ccc(C[C@@H]3CN(C)[C@@H](CC(C)C)CO[C@H](C)CN(C)[C@@H](CC(C)C)CO[C@H](Cc4ccc(Cn5ncc(OC(C)C)c5C)cc4)CN(C)[C@@H](CC(C)C)CO[C@H](C)CN(C)[C@@H](CC(C)C)CO3)cc2)cc1OC(C)C. The van der Waals surface area contributed by atoms with E-state index in [1.54, 1.807) is 0 Å². The van der Waals surface area contributed by atoms with E-state index in [9.17, 15) is 0 Å². The molecule has 464 valence electrons. The van der Waals surface area contributed by atoms with Gasteiger partial charge in [-0.25, -0.2) is 0 Å². The summed E-state index contributed by atoms with van der Waals surface area (Å²) in [5.41, 5.74) is 6.90. The molecule has 3 heterocycles. The average Bonchev–Trinajstić information content (AvgIpc) is 3.92. The quantitative estimate of drug-likeness (QED) is 0.0842. The van der Waals surface area contributed by atoms with E-state index in [0.717, 1.165) is 87.6 Å². The summed E-state index contributed by atoms with van der Waals surface area (Å²) < 4.78 is 44.3. The zero-order valence-electron chi connectivity index (χ0n) is 55.2. The number of aromatic nitrogens is 4. The zero-order valence-corrected chi connectivity index (χ0v) is 55.2. The number of likely N-dealkylation sites (N-methyl/N-ethyl adjacent to an activating group) is 4. The highest BCUT2D eigenvalue weighted by molar-refractivity contribution is 5.28. The second-order valence-electron chi connectivity index (χ2n) is 27.0. The molecule has 2 aromatic carbocycles. The van der Waals surface area contributed by atoms with Gasteiger partial charge in [-0.15, -0.1) is 0 Å². The van der Waals surface area contributed by atoms with Gasteiger partial charge in [-0.3, -0.25) is 29.0 Å². The van der Waals surface area contributed by atoms with Crippen LogP contribution in [-0.2, 0) is 44.9 Å². The van der Waals surface area contributed by atoms with Gasteiger partial charge >= 0.3 is 0 Å². The van der Waals surface area contributed by atoms with Gasteiger partial charge in [0, 0.05) is 50.3 Å². The number of hydrogen-bond donors (Lipinski definition) is 0. The maximum Gasteiger partial charge on any atom is 0.160 e. The van der Waals surface area contributed by atoms with Gasteiger partial charge in [0.1, 0.15) is 5.69 Å². The van der Waals surface area contributed by atoms with Crippen molar-refractivity contribution in [2.45, 2.75) is 223 Å². The Labute approximate surface area is 499 Å². The van der Waals surface area contributed by atoms with E-state index in [-0.39, 0.29) is 60.8 Å². The van der Waals surface area contributed by atoms with Gasteiger partial charge < -0.3 is 28.4 Å². The van der Waals surface area contributed by atoms with Gasteiger partial charge in [0.05, 0.1) is 94.2 Å². The molecule has 0 aliphatic carbocycles. The molecule has 2 aromatic heterocycles. The Morgan fingerprint density at radius 3 is 1.22 bits per heavy atom. The maximum atomic E-state index is 7.23.